The lowest BCUT2D eigenvalue weighted by Gasteiger charge is -2.21. The Hall–Kier alpha value is -4.32. The molecule has 1 aliphatic heterocycles. The van der Waals surface area contributed by atoms with E-state index in [4.69, 9.17) is 9.47 Å². The van der Waals surface area contributed by atoms with Crippen LogP contribution in [0.1, 0.15) is 12.8 Å². The van der Waals surface area contributed by atoms with Crippen molar-refractivity contribution in [2.45, 2.75) is 25.4 Å². The number of benzene rings is 2. The molecule has 0 aliphatic carbocycles. The van der Waals surface area contributed by atoms with Gasteiger partial charge in [0.05, 0.1) is 30.2 Å². The third-order valence-electron chi connectivity index (χ3n) is 6.48. The molecule has 5 rings (SSSR count). The fraction of sp³-hybridized carbons (Fsp3) is 0.296. The number of likely N-dealkylation sites (tertiary alicyclic amines) is 1. The van der Waals surface area contributed by atoms with Gasteiger partial charge in [0.15, 0.2) is 23.1 Å². The van der Waals surface area contributed by atoms with E-state index in [1.165, 1.54) is 29.3 Å². The number of carbonyl (C=O) groups is 1. The van der Waals surface area contributed by atoms with Crippen molar-refractivity contribution in [2.24, 2.45) is 0 Å². The molecule has 12 heteroatoms. The van der Waals surface area contributed by atoms with Crippen molar-refractivity contribution in [3.63, 3.8) is 0 Å². The first-order valence-electron chi connectivity index (χ1n) is 12.5. The Balaban J connectivity index is 1.26. The summed E-state index contributed by atoms with van der Waals surface area (Å²) in [5, 5.41) is 10.4. The Labute approximate surface area is 223 Å². The molecule has 203 valence electrons. The van der Waals surface area contributed by atoms with Gasteiger partial charge < -0.3 is 20.1 Å². The zero-order chi connectivity index (χ0) is 27.4. The second kappa shape index (κ2) is 11.6. The maximum atomic E-state index is 13.8. The summed E-state index contributed by atoms with van der Waals surface area (Å²) in [6.45, 7) is 6.28. The van der Waals surface area contributed by atoms with Crippen LogP contribution in [0.5, 0.6) is 11.5 Å². The predicted octanol–water partition coefficient (Wildman–Crippen LogP) is 4.17. The lowest BCUT2D eigenvalue weighted by molar-refractivity contribution is -0.116. The van der Waals surface area contributed by atoms with Crippen LogP contribution in [0.25, 0.3) is 10.9 Å². The fourth-order valence-corrected chi connectivity index (χ4v) is 4.49. The van der Waals surface area contributed by atoms with Crippen LogP contribution in [0.4, 0.5) is 26.0 Å². The van der Waals surface area contributed by atoms with Crippen LogP contribution in [0, 0.1) is 18.6 Å². The maximum Gasteiger partial charge on any atom is 0.246 e. The number of nitrogens with one attached hydrogen (secondary N) is 2. The number of carbonyl (C=O) groups excluding carboxylic acids is 1. The average Bonchev–Trinajstić information content (AvgIpc) is 3.54. The monoisotopic (exact) mass is 536 g/mol. The molecular formula is C27H28F2N7O3. The summed E-state index contributed by atoms with van der Waals surface area (Å²) < 4.78 is 40.2. The zero-order valence-electron chi connectivity index (χ0n) is 21.4. The van der Waals surface area contributed by atoms with Crippen LogP contribution in [-0.2, 0) is 11.3 Å². The van der Waals surface area contributed by atoms with Crippen LogP contribution in [-0.4, -0.2) is 63.4 Å². The van der Waals surface area contributed by atoms with Gasteiger partial charge in [-0.05, 0) is 44.5 Å². The molecule has 0 saturated carbocycles. The minimum absolute atomic E-state index is 0.205. The Morgan fingerprint density at radius 1 is 1.23 bits per heavy atom. The molecule has 1 fully saturated rings. The predicted molar refractivity (Wildman–Crippen MR) is 142 cm³/mol. The van der Waals surface area contributed by atoms with Crippen molar-refractivity contribution in [1.29, 1.82) is 0 Å². The molecule has 4 aromatic rings. The first kappa shape index (κ1) is 26.3. The summed E-state index contributed by atoms with van der Waals surface area (Å²) in [6, 6.07) is 7.51. The number of nitrogens with zero attached hydrogens (tertiary/aromatic N) is 5. The Kier molecular flexibility index (Phi) is 7.82. The molecule has 1 radical (unpaired) electrons. The molecule has 2 N–H and O–H groups in total. The number of hydrogen-bond donors (Lipinski definition) is 2. The van der Waals surface area contributed by atoms with Gasteiger partial charge in [-0.3, -0.25) is 14.4 Å². The number of anilines is 3. The van der Waals surface area contributed by atoms with Crippen LogP contribution < -0.4 is 20.1 Å². The molecule has 0 spiro atoms. The fourth-order valence-electron chi connectivity index (χ4n) is 4.49. The van der Waals surface area contributed by atoms with Gasteiger partial charge in [-0.1, -0.05) is 6.07 Å². The molecule has 2 aromatic carbocycles. The highest BCUT2D eigenvalue weighted by Crippen LogP contribution is 2.34. The third kappa shape index (κ3) is 6.06. The molecule has 2 aromatic heterocycles. The number of rotatable bonds is 10. The highest BCUT2D eigenvalue weighted by atomic mass is 19.2. The van der Waals surface area contributed by atoms with E-state index in [0.717, 1.165) is 32.0 Å². The van der Waals surface area contributed by atoms with Crippen molar-refractivity contribution >= 4 is 34.0 Å². The lowest BCUT2D eigenvalue weighted by atomic mass is 10.2. The Bertz CT molecular complexity index is 1480. The van der Waals surface area contributed by atoms with E-state index in [1.54, 1.807) is 19.4 Å². The van der Waals surface area contributed by atoms with E-state index in [1.807, 2.05) is 6.07 Å². The number of methoxy groups -OCH3 is 1. The van der Waals surface area contributed by atoms with Crippen molar-refractivity contribution in [1.82, 2.24) is 24.6 Å². The van der Waals surface area contributed by atoms with Crippen LogP contribution in [0.2, 0.25) is 0 Å². The van der Waals surface area contributed by atoms with Crippen LogP contribution in [0.3, 0.4) is 0 Å². The highest BCUT2D eigenvalue weighted by molar-refractivity contribution is 5.93. The first-order valence-corrected chi connectivity index (χ1v) is 12.5. The molecule has 0 unspecified atom stereocenters. The smallest absolute Gasteiger partial charge is 0.246 e. The van der Waals surface area contributed by atoms with Crippen LogP contribution >= 0.6 is 0 Å². The van der Waals surface area contributed by atoms with Crippen LogP contribution in [0.15, 0.2) is 49.1 Å². The van der Waals surface area contributed by atoms with Crippen molar-refractivity contribution in [3.05, 3.63) is 67.6 Å². The maximum absolute atomic E-state index is 13.8. The number of halogens is 2. The van der Waals surface area contributed by atoms with E-state index in [0.29, 0.717) is 46.6 Å². The molecule has 39 heavy (non-hydrogen) atoms. The van der Waals surface area contributed by atoms with Gasteiger partial charge in [-0.2, -0.15) is 5.10 Å². The normalized spacial score (nSPS) is 15.4. The van der Waals surface area contributed by atoms with E-state index >= 15 is 0 Å². The summed E-state index contributed by atoms with van der Waals surface area (Å²) in [7, 11) is 1.57. The number of amides is 1. The van der Waals surface area contributed by atoms with Gasteiger partial charge in [0.2, 0.25) is 5.91 Å². The van der Waals surface area contributed by atoms with Gasteiger partial charge in [0, 0.05) is 30.2 Å². The van der Waals surface area contributed by atoms with Gasteiger partial charge >= 0.3 is 0 Å². The molecule has 1 saturated heterocycles. The molecule has 1 amide bonds. The number of fused-ring (bicyclic) bond motifs is 1. The minimum atomic E-state index is -1.12. The molecule has 0 bridgehead atoms. The SMILES string of the molecule is [CH2][C@H]1CCCN1CCOc1cc2ncnc(Nc3cnn(CC(=O)Nc4cccc(F)c4F)c3)c2cc1OC. The van der Waals surface area contributed by atoms with E-state index in [2.05, 4.69) is 37.5 Å². The van der Waals surface area contributed by atoms with Crippen molar-refractivity contribution in [3.8, 4) is 11.5 Å². The Morgan fingerprint density at radius 3 is 2.90 bits per heavy atom. The van der Waals surface area contributed by atoms with Gasteiger partial charge in [0.25, 0.3) is 0 Å². The quantitative estimate of drug-likeness (QED) is 0.311. The highest BCUT2D eigenvalue weighted by Gasteiger charge is 2.20. The summed E-state index contributed by atoms with van der Waals surface area (Å²) in [6.07, 6.45) is 6.81. The summed E-state index contributed by atoms with van der Waals surface area (Å²) in [5.74, 6) is -1.08. The van der Waals surface area contributed by atoms with Gasteiger partial charge in [-0.25, -0.2) is 18.7 Å². The second-order valence-electron chi connectivity index (χ2n) is 9.12. The van der Waals surface area contributed by atoms with E-state index in [-0.39, 0.29) is 12.2 Å². The summed E-state index contributed by atoms with van der Waals surface area (Å²) in [5.41, 5.74) is 0.980. The summed E-state index contributed by atoms with van der Waals surface area (Å²) in [4.78, 5) is 23.4. The van der Waals surface area contributed by atoms with E-state index in [9.17, 15) is 13.6 Å². The number of hydrogen-bond acceptors (Lipinski definition) is 8. The molecule has 1 atom stereocenters. The minimum Gasteiger partial charge on any atom is -0.493 e. The largest absolute Gasteiger partial charge is 0.493 e. The lowest BCUT2D eigenvalue weighted by Crippen LogP contribution is -2.31. The second-order valence-corrected chi connectivity index (χ2v) is 9.12. The topological polar surface area (TPSA) is 106 Å². The number of aromatic nitrogens is 4. The molecule has 1 aliphatic rings. The van der Waals surface area contributed by atoms with E-state index < -0.39 is 17.5 Å². The Morgan fingerprint density at radius 2 is 2.10 bits per heavy atom. The van der Waals surface area contributed by atoms with Gasteiger partial charge in [-0.15, -0.1) is 0 Å². The third-order valence-corrected chi connectivity index (χ3v) is 6.48. The molecule has 10 nitrogen and oxygen atoms in total. The number of ether oxygens (including phenoxy) is 2. The molecule has 3 heterocycles. The zero-order valence-corrected chi connectivity index (χ0v) is 21.4. The van der Waals surface area contributed by atoms with Crippen molar-refractivity contribution < 1.29 is 23.0 Å². The summed E-state index contributed by atoms with van der Waals surface area (Å²) >= 11 is 0. The standard InChI is InChI=1S/C27H28F2N7O3/c1-17-5-4-8-35(17)9-10-39-24-12-22-19(11-23(24)38-2)27(31-16-30-22)33-18-13-32-36(14-18)15-25(37)34-21-7-3-6-20(28)26(21)29/h3,6-7,11-14,16-17H,1,4-5,8-10,15H2,2H3,(H,34,37)(H,30,31,33)/t17-/m0/s1. The average molecular weight is 537 g/mol. The van der Waals surface area contributed by atoms with Crippen molar-refractivity contribution in [2.75, 3.05) is 37.4 Å². The first-order chi connectivity index (χ1) is 18.9. The molecular weight excluding hydrogens is 508 g/mol. The van der Waals surface area contributed by atoms with Gasteiger partial charge in [0.1, 0.15) is 25.3 Å².